The van der Waals surface area contributed by atoms with Gasteiger partial charge in [-0.2, -0.15) is 0 Å². The fourth-order valence-corrected chi connectivity index (χ4v) is 11.3. The van der Waals surface area contributed by atoms with Crippen molar-refractivity contribution in [2.75, 3.05) is 0 Å². The molecular formula is C64H64. The van der Waals surface area contributed by atoms with E-state index in [2.05, 4.69) is 230 Å². The van der Waals surface area contributed by atoms with Crippen LogP contribution < -0.4 is 0 Å². The molecule has 0 heteroatoms. The van der Waals surface area contributed by atoms with Gasteiger partial charge in [0, 0.05) is 5.41 Å². The summed E-state index contributed by atoms with van der Waals surface area (Å²) in [5.41, 5.74) is 35.9. The van der Waals surface area contributed by atoms with Crippen LogP contribution in [0.3, 0.4) is 0 Å². The Kier molecular flexibility index (Phi) is 10.6. The molecule has 0 heterocycles. The van der Waals surface area contributed by atoms with E-state index in [-0.39, 0.29) is 10.8 Å². The smallest absolute Gasteiger partial charge is 0.0590 e. The molecule has 0 N–H and O–H groups in total. The average molecular weight is 833 g/mol. The molecule has 320 valence electrons. The minimum Gasteiger partial charge on any atom is -0.0590 e. The molecule has 3 aliphatic rings. The van der Waals surface area contributed by atoms with Gasteiger partial charge in [-0.15, -0.1) is 0 Å². The van der Waals surface area contributed by atoms with Crippen molar-refractivity contribution < 1.29 is 0 Å². The lowest BCUT2D eigenvalue weighted by atomic mass is 9.70. The Morgan fingerprint density at radius 3 is 0.719 bits per heavy atom. The second-order valence-electron chi connectivity index (χ2n) is 20.2. The Morgan fingerprint density at radius 2 is 0.453 bits per heavy atom. The summed E-state index contributed by atoms with van der Waals surface area (Å²) in [6.07, 6.45) is 0. The van der Waals surface area contributed by atoms with E-state index in [1.807, 2.05) is 0 Å². The molecule has 0 nitrogen and oxygen atoms in total. The van der Waals surface area contributed by atoms with Crippen LogP contribution in [0.25, 0.3) is 44.5 Å². The zero-order chi connectivity index (χ0) is 45.6. The SMILES string of the molecule is Cc1cc(C)c(C)c(-c2cc(C)cc(C)c2C)c1.Cc1ccc2c(c1)-c1cc(C)ccc1C2(C)C.Cc1ccc2c(c1)-c1cc(C)ccc1C21c2ccc(C)cc2-c2cc(C)ccc21. The topological polar surface area (TPSA) is 0 Å². The number of aryl methyl sites for hydroxylation is 10. The summed E-state index contributed by atoms with van der Waals surface area (Å²) in [7, 11) is 0. The first kappa shape index (κ1) is 43.0. The van der Waals surface area contributed by atoms with E-state index in [9.17, 15) is 0 Å². The Morgan fingerprint density at radius 1 is 0.234 bits per heavy atom. The molecule has 64 heavy (non-hydrogen) atoms. The first-order valence-electron chi connectivity index (χ1n) is 23.2. The number of hydrogen-bond donors (Lipinski definition) is 0. The molecule has 3 aliphatic carbocycles. The van der Waals surface area contributed by atoms with Crippen LogP contribution in [0.2, 0.25) is 0 Å². The Balaban J connectivity index is 0.000000129. The van der Waals surface area contributed by atoms with Crippen molar-refractivity contribution in [3.63, 3.8) is 0 Å². The minimum atomic E-state index is -0.210. The van der Waals surface area contributed by atoms with Gasteiger partial charge in [0.1, 0.15) is 0 Å². The van der Waals surface area contributed by atoms with Crippen LogP contribution in [-0.4, -0.2) is 0 Å². The molecule has 0 bridgehead atoms. The number of benzene rings is 8. The van der Waals surface area contributed by atoms with Gasteiger partial charge in [-0.3, -0.25) is 0 Å². The second kappa shape index (κ2) is 15.8. The molecule has 0 atom stereocenters. The van der Waals surface area contributed by atoms with Crippen molar-refractivity contribution in [3.05, 3.63) is 234 Å². The molecule has 0 saturated carbocycles. The van der Waals surface area contributed by atoms with Crippen molar-refractivity contribution in [3.8, 4) is 44.5 Å². The highest BCUT2D eigenvalue weighted by molar-refractivity contribution is 5.95. The van der Waals surface area contributed by atoms with Crippen LogP contribution in [0.1, 0.15) is 114 Å². The van der Waals surface area contributed by atoms with E-state index in [4.69, 9.17) is 0 Å². The highest BCUT2D eigenvalue weighted by Gasteiger charge is 2.51. The fraction of sp³-hybridized carbons (Fsp3) is 0.250. The second-order valence-corrected chi connectivity index (χ2v) is 20.2. The van der Waals surface area contributed by atoms with E-state index in [1.165, 1.54) is 145 Å². The molecule has 0 saturated heterocycles. The number of hydrogen-bond acceptors (Lipinski definition) is 0. The maximum Gasteiger partial charge on any atom is 0.0725 e. The molecule has 11 rings (SSSR count). The van der Waals surface area contributed by atoms with Gasteiger partial charge in [-0.05, 0) is 183 Å². The zero-order valence-corrected chi connectivity index (χ0v) is 40.7. The van der Waals surface area contributed by atoms with Crippen molar-refractivity contribution in [2.45, 2.75) is 108 Å². The Labute approximate surface area is 384 Å². The van der Waals surface area contributed by atoms with Crippen LogP contribution in [0.4, 0.5) is 0 Å². The third-order valence-corrected chi connectivity index (χ3v) is 14.8. The summed E-state index contributed by atoms with van der Waals surface area (Å²) in [4.78, 5) is 0. The summed E-state index contributed by atoms with van der Waals surface area (Å²) in [6.45, 7) is 31.0. The average Bonchev–Trinajstić information content (AvgIpc) is 3.76. The normalized spacial score (nSPS) is 13.7. The molecule has 0 aromatic heterocycles. The van der Waals surface area contributed by atoms with Crippen molar-refractivity contribution >= 4 is 0 Å². The molecule has 0 fully saturated rings. The van der Waals surface area contributed by atoms with E-state index < -0.39 is 0 Å². The third-order valence-electron chi connectivity index (χ3n) is 14.8. The summed E-state index contributed by atoms with van der Waals surface area (Å²) in [6, 6.07) is 50.9. The van der Waals surface area contributed by atoms with Crippen molar-refractivity contribution in [1.82, 2.24) is 0 Å². The predicted molar refractivity (Wildman–Crippen MR) is 275 cm³/mol. The maximum absolute atomic E-state index is 2.38. The number of fused-ring (bicyclic) bond motifs is 13. The van der Waals surface area contributed by atoms with Crippen LogP contribution in [0, 0.1) is 83.1 Å². The fourth-order valence-electron chi connectivity index (χ4n) is 11.3. The van der Waals surface area contributed by atoms with Gasteiger partial charge >= 0.3 is 0 Å². The third kappa shape index (κ3) is 6.89. The standard InChI is InChI=1S/C29H24.C18H22.C17H18/c1-17-5-9-25-21(13-17)22-14-18(2)6-10-26(22)29(25)27-11-7-19(3)15-23(27)24-16-20(4)8-12-28(24)29;1-11-7-13(3)15(5)17(9-11)18-10-12(2)8-14(4)16(18)6;1-11-5-7-15-13(9-11)14-10-12(2)6-8-16(14)17(15,3)4/h5-16H,1-4H3;7-10H,1-6H3;5-10H,1-4H3. The lowest BCUT2D eigenvalue weighted by molar-refractivity contribution is 0.660. The van der Waals surface area contributed by atoms with Crippen LogP contribution in [0.15, 0.2) is 133 Å². The van der Waals surface area contributed by atoms with E-state index >= 15 is 0 Å². The predicted octanol–water partition coefficient (Wildman–Crippen LogP) is 17.1. The molecule has 0 unspecified atom stereocenters. The molecular weight excluding hydrogens is 769 g/mol. The monoisotopic (exact) mass is 833 g/mol. The molecule has 8 aromatic rings. The molecule has 0 amide bonds. The van der Waals surface area contributed by atoms with Gasteiger partial charge in [0.2, 0.25) is 0 Å². The highest BCUT2D eigenvalue weighted by Crippen LogP contribution is 2.63. The lowest BCUT2D eigenvalue weighted by Gasteiger charge is -2.30. The van der Waals surface area contributed by atoms with Gasteiger partial charge in [0.15, 0.2) is 0 Å². The zero-order valence-electron chi connectivity index (χ0n) is 40.7. The highest BCUT2D eigenvalue weighted by atomic mass is 14.5. The van der Waals surface area contributed by atoms with Crippen molar-refractivity contribution in [1.29, 1.82) is 0 Å². The summed E-state index contributed by atoms with van der Waals surface area (Å²) < 4.78 is 0. The van der Waals surface area contributed by atoms with Gasteiger partial charge in [-0.25, -0.2) is 0 Å². The largest absolute Gasteiger partial charge is 0.0725 e. The molecule has 0 radical (unpaired) electrons. The summed E-state index contributed by atoms with van der Waals surface area (Å²) >= 11 is 0. The van der Waals surface area contributed by atoms with Crippen LogP contribution in [0.5, 0.6) is 0 Å². The lowest BCUT2D eigenvalue weighted by Crippen LogP contribution is -2.25. The van der Waals surface area contributed by atoms with Gasteiger partial charge < -0.3 is 0 Å². The first-order valence-corrected chi connectivity index (χ1v) is 23.2. The van der Waals surface area contributed by atoms with Gasteiger partial charge in [0.05, 0.1) is 5.41 Å². The Hall–Kier alpha value is -6.24. The first-order chi connectivity index (χ1) is 30.4. The minimum absolute atomic E-state index is 0.145. The molecule has 8 aromatic carbocycles. The van der Waals surface area contributed by atoms with Crippen molar-refractivity contribution in [2.24, 2.45) is 0 Å². The van der Waals surface area contributed by atoms with E-state index in [0.29, 0.717) is 0 Å². The summed E-state index contributed by atoms with van der Waals surface area (Å²) in [5, 5.41) is 0. The van der Waals surface area contributed by atoms with E-state index in [0.717, 1.165) is 0 Å². The quantitative estimate of drug-likeness (QED) is 0.155. The van der Waals surface area contributed by atoms with Crippen LogP contribution in [-0.2, 0) is 10.8 Å². The summed E-state index contributed by atoms with van der Waals surface area (Å²) in [5.74, 6) is 0. The molecule has 1 spiro atoms. The number of rotatable bonds is 1. The maximum atomic E-state index is 2.38. The van der Waals surface area contributed by atoms with Gasteiger partial charge in [0.25, 0.3) is 0 Å². The van der Waals surface area contributed by atoms with Crippen LogP contribution >= 0.6 is 0 Å². The molecule has 0 aliphatic heterocycles. The van der Waals surface area contributed by atoms with Gasteiger partial charge in [-0.1, -0.05) is 192 Å². The Bertz CT molecular complexity index is 2880. The van der Waals surface area contributed by atoms with E-state index in [1.54, 1.807) is 0 Å².